The topological polar surface area (TPSA) is 38.5 Å². The van der Waals surface area contributed by atoms with Crippen molar-refractivity contribution in [2.45, 2.75) is 26.3 Å². The fraction of sp³-hybridized carbons (Fsp3) is 0.600. The van der Waals surface area contributed by atoms with Crippen molar-refractivity contribution in [3.05, 3.63) is 29.3 Å². The highest BCUT2D eigenvalue weighted by molar-refractivity contribution is 5.36. The molecule has 2 rings (SSSR count). The van der Waals surface area contributed by atoms with E-state index in [0.29, 0.717) is 0 Å². The van der Waals surface area contributed by atoms with Gasteiger partial charge in [-0.25, -0.2) is 0 Å². The average molecular weight is 248 g/mol. The monoisotopic (exact) mass is 248 g/mol. The van der Waals surface area contributed by atoms with E-state index in [1.807, 2.05) is 0 Å². The Labute approximate surface area is 110 Å². The zero-order valence-corrected chi connectivity index (χ0v) is 11.5. The van der Waals surface area contributed by atoms with Crippen molar-refractivity contribution in [3.63, 3.8) is 0 Å². The summed E-state index contributed by atoms with van der Waals surface area (Å²) in [5.41, 5.74) is 8.32. The Bertz CT molecular complexity index is 384. The van der Waals surface area contributed by atoms with Crippen molar-refractivity contribution in [1.82, 2.24) is 4.90 Å². The normalized spacial score (nSPS) is 17.9. The summed E-state index contributed by atoms with van der Waals surface area (Å²) < 4.78 is 5.44. The minimum Gasteiger partial charge on any atom is -0.496 e. The lowest BCUT2D eigenvalue weighted by Gasteiger charge is -2.31. The Morgan fingerprint density at radius 1 is 1.33 bits per heavy atom. The van der Waals surface area contributed by atoms with Gasteiger partial charge in [-0.3, -0.25) is 4.90 Å². The number of ether oxygens (including phenoxy) is 1. The van der Waals surface area contributed by atoms with Crippen LogP contribution in [0.5, 0.6) is 5.75 Å². The summed E-state index contributed by atoms with van der Waals surface area (Å²) in [4.78, 5) is 2.50. The highest BCUT2D eigenvalue weighted by atomic mass is 16.5. The molecule has 1 aromatic carbocycles. The molecule has 1 aliphatic rings. The van der Waals surface area contributed by atoms with Gasteiger partial charge in [0.2, 0.25) is 0 Å². The fourth-order valence-electron chi connectivity index (χ4n) is 2.65. The second-order valence-electron chi connectivity index (χ2n) is 5.27. The van der Waals surface area contributed by atoms with Crippen molar-refractivity contribution in [3.8, 4) is 5.75 Å². The quantitative estimate of drug-likeness (QED) is 0.887. The van der Waals surface area contributed by atoms with Gasteiger partial charge < -0.3 is 10.5 Å². The summed E-state index contributed by atoms with van der Waals surface area (Å²) in [7, 11) is 1.74. The first-order chi connectivity index (χ1) is 8.72. The van der Waals surface area contributed by atoms with Gasteiger partial charge in [-0.05, 0) is 51.4 Å². The van der Waals surface area contributed by atoms with Crippen LogP contribution in [0.15, 0.2) is 18.2 Å². The van der Waals surface area contributed by atoms with E-state index >= 15 is 0 Å². The molecule has 0 bridgehead atoms. The molecule has 1 aliphatic heterocycles. The molecule has 0 spiro atoms. The van der Waals surface area contributed by atoms with Gasteiger partial charge in [-0.15, -0.1) is 0 Å². The summed E-state index contributed by atoms with van der Waals surface area (Å²) in [5.74, 6) is 1.72. The number of hydrogen-bond acceptors (Lipinski definition) is 3. The number of hydrogen-bond donors (Lipinski definition) is 1. The minimum absolute atomic E-state index is 0.723. The van der Waals surface area contributed by atoms with Gasteiger partial charge >= 0.3 is 0 Å². The number of rotatable bonds is 4. The van der Waals surface area contributed by atoms with E-state index in [4.69, 9.17) is 10.5 Å². The Morgan fingerprint density at radius 3 is 2.67 bits per heavy atom. The van der Waals surface area contributed by atoms with Gasteiger partial charge in [-0.2, -0.15) is 0 Å². The number of nitrogens with zero attached hydrogens (tertiary/aromatic N) is 1. The number of nitrogens with two attached hydrogens (primary N) is 1. The van der Waals surface area contributed by atoms with E-state index in [2.05, 4.69) is 30.0 Å². The number of methoxy groups -OCH3 is 1. The van der Waals surface area contributed by atoms with Gasteiger partial charge in [0.05, 0.1) is 7.11 Å². The highest BCUT2D eigenvalue weighted by Gasteiger charge is 2.18. The van der Waals surface area contributed by atoms with E-state index in [1.165, 1.54) is 24.0 Å². The zero-order valence-electron chi connectivity index (χ0n) is 11.5. The van der Waals surface area contributed by atoms with Crippen LogP contribution in [0.1, 0.15) is 24.0 Å². The summed E-state index contributed by atoms with van der Waals surface area (Å²) in [6.45, 7) is 6.26. The van der Waals surface area contributed by atoms with Crippen LogP contribution in [0, 0.1) is 12.8 Å². The van der Waals surface area contributed by atoms with Crippen molar-refractivity contribution in [2.24, 2.45) is 11.7 Å². The third-order valence-electron chi connectivity index (χ3n) is 3.87. The van der Waals surface area contributed by atoms with Crippen LogP contribution >= 0.6 is 0 Å². The van der Waals surface area contributed by atoms with E-state index in [-0.39, 0.29) is 0 Å². The second kappa shape index (κ2) is 6.21. The summed E-state index contributed by atoms with van der Waals surface area (Å²) >= 11 is 0. The molecule has 100 valence electrons. The predicted molar refractivity (Wildman–Crippen MR) is 74.8 cm³/mol. The Balaban J connectivity index is 1.99. The lowest BCUT2D eigenvalue weighted by molar-refractivity contribution is 0.179. The van der Waals surface area contributed by atoms with Crippen LogP contribution < -0.4 is 10.5 Å². The van der Waals surface area contributed by atoms with Crippen molar-refractivity contribution < 1.29 is 4.74 Å². The molecule has 3 heteroatoms. The molecular weight excluding hydrogens is 224 g/mol. The second-order valence-corrected chi connectivity index (χ2v) is 5.27. The van der Waals surface area contributed by atoms with Gasteiger partial charge in [0.15, 0.2) is 0 Å². The Kier molecular flexibility index (Phi) is 4.61. The Hall–Kier alpha value is -1.06. The number of piperidine rings is 1. The standard InChI is InChI=1S/C15H24N2O/c1-12-3-4-15(18-2)14(9-12)11-17-7-5-13(10-16)6-8-17/h3-4,9,13H,5-8,10-11,16H2,1-2H3. The van der Waals surface area contributed by atoms with Gasteiger partial charge in [0, 0.05) is 12.1 Å². The first-order valence-corrected chi connectivity index (χ1v) is 6.79. The fourth-order valence-corrected chi connectivity index (χ4v) is 2.65. The van der Waals surface area contributed by atoms with E-state index in [1.54, 1.807) is 7.11 Å². The molecule has 1 aromatic rings. The minimum atomic E-state index is 0.723. The number of aryl methyl sites for hydroxylation is 1. The molecular formula is C15H24N2O. The molecule has 1 heterocycles. The molecule has 0 aliphatic carbocycles. The molecule has 1 saturated heterocycles. The number of likely N-dealkylation sites (tertiary alicyclic amines) is 1. The largest absolute Gasteiger partial charge is 0.496 e. The highest BCUT2D eigenvalue weighted by Crippen LogP contribution is 2.24. The average Bonchev–Trinajstić information content (AvgIpc) is 2.40. The maximum atomic E-state index is 5.73. The maximum Gasteiger partial charge on any atom is 0.123 e. The molecule has 18 heavy (non-hydrogen) atoms. The molecule has 3 nitrogen and oxygen atoms in total. The first-order valence-electron chi connectivity index (χ1n) is 6.79. The third-order valence-corrected chi connectivity index (χ3v) is 3.87. The van der Waals surface area contributed by atoms with Crippen LogP contribution in [-0.2, 0) is 6.54 Å². The first kappa shape index (κ1) is 13.4. The maximum absolute atomic E-state index is 5.73. The van der Waals surface area contributed by atoms with Crippen molar-refractivity contribution >= 4 is 0 Å². The van der Waals surface area contributed by atoms with Crippen LogP contribution in [0.3, 0.4) is 0 Å². The van der Waals surface area contributed by atoms with Crippen LogP contribution in [0.25, 0.3) is 0 Å². The molecule has 1 fully saturated rings. The smallest absolute Gasteiger partial charge is 0.123 e. The van der Waals surface area contributed by atoms with Crippen molar-refractivity contribution in [1.29, 1.82) is 0 Å². The zero-order chi connectivity index (χ0) is 13.0. The SMILES string of the molecule is COc1ccc(C)cc1CN1CCC(CN)CC1. The molecule has 0 saturated carbocycles. The summed E-state index contributed by atoms with van der Waals surface area (Å²) in [5, 5.41) is 0. The molecule has 0 unspecified atom stereocenters. The molecule has 0 radical (unpaired) electrons. The lowest BCUT2D eigenvalue weighted by atomic mass is 9.96. The van der Waals surface area contributed by atoms with Gasteiger partial charge in [0.1, 0.15) is 5.75 Å². The van der Waals surface area contributed by atoms with Crippen LogP contribution in [-0.4, -0.2) is 31.6 Å². The van der Waals surface area contributed by atoms with Crippen LogP contribution in [0.2, 0.25) is 0 Å². The number of benzene rings is 1. The predicted octanol–water partition coefficient (Wildman–Crippen LogP) is 2.17. The molecule has 0 atom stereocenters. The van der Waals surface area contributed by atoms with Crippen LogP contribution in [0.4, 0.5) is 0 Å². The Morgan fingerprint density at radius 2 is 2.06 bits per heavy atom. The van der Waals surface area contributed by atoms with Gasteiger partial charge in [-0.1, -0.05) is 17.7 Å². The molecule has 2 N–H and O–H groups in total. The third kappa shape index (κ3) is 3.24. The van der Waals surface area contributed by atoms with E-state index < -0.39 is 0 Å². The summed E-state index contributed by atoms with van der Waals surface area (Å²) in [6, 6.07) is 6.40. The van der Waals surface area contributed by atoms with E-state index in [9.17, 15) is 0 Å². The van der Waals surface area contributed by atoms with E-state index in [0.717, 1.165) is 37.8 Å². The van der Waals surface area contributed by atoms with Gasteiger partial charge in [0.25, 0.3) is 0 Å². The molecule has 0 amide bonds. The van der Waals surface area contributed by atoms with Crippen molar-refractivity contribution in [2.75, 3.05) is 26.7 Å². The lowest BCUT2D eigenvalue weighted by Crippen LogP contribution is -2.35. The summed E-state index contributed by atoms with van der Waals surface area (Å²) in [6.07, 6.45) is 2.45. The molecule has 0 aromatic heterocycles.